The van der Waals surface area contributed by atoms with E-state index in [4.69, 9.17) is 9.47 Å². The van der Waals surface area contributed by atoms with Crippen molar-refractivity contribution in [3.05, 3.63) is 12.3 Å². The molecule has 2 bridgehead atoms. The first-order valence-electron chi connectivity index (χ1n) is 7.46. The van der Waals surface area contributed by atoms with Crippen LogP contribution in [0, 0.1) is 29.1 Å². The zero-order chi connectivity index (χ0) is 13.8. The number of carbonyl (C=O) groups excluding carboxylic acids is 1. The molecular weight excluding hydrogens is 240 g/mol. The van der Waals surface area contributed by atoms with E-state index in [1.54, 1.807) is 0 Å². The van der Waals surface area contributed by atoms with E-state index in [9.17, 15) is 4.79 Å². The molecule has 3 rings (SSSR count). The number of allylic oxidation sites excluding steroid dienone is 1. The van der Waals surface area contributed by atoms with Crippen molar-refractivity contribution in [1.82, 2.24) is 0 Å². The number of carbonyl (C=O) groups is 1. The fraction of sp³-hybridized carbons (Fsp3) is 0.812. The lowest BCUT2D eigenvalue weighted by molar-refractivity contribution is -0.163. The summed E-state index contributed by atoms with van der Waals surface area (Å²) in [5, 5.41) is 0. The Bertz CT molecular complexity index is 412. The van der Waals surface area contributed by atoms with Crippen molar-refractivity contribution < 1.29 is 14.3 Å². The summed E-state index contributed by atoms with van der Waals surface area (Å²) in [7, 11) is 0. The minimum absolute atomic E-state index is 0.0476. The molecule has 3 fully saturated rings. The van der Waals surface area contributed by atoms with Gasteiger partial charge in [-0.05, 0) is 39.0 Å². The van der Waals surface area contributed by atoms with Crippen LogP contribution in [-0.2, 0) is 14.3 Å². The molecule has 1 aliphatic heterocycles. The van der Waals surface area contributed by atoms with Crippen molar-refractivity contribution in [3.8, 4) is 0 Å². The van der Waals surface area contributed by atoms with Crippen LogP contribution in [0.5, 0.6) is 0 Å². The molecule has 5 atom stereocenters. The standard InChI is InChI=1S/C16H24O3/c1-5-16(3,4)15(17)19-13-7-10-6-11(13)14-9(2)18-8-12(10)14/h10-14H,2,5-8H2,1,3-4H3. The fourth-order valence-corrected chi connectivity index (χ4v) is 4.00. The first-order valence-corrected chi connectivity index (χ1v) is 7.46. The zero-order valence-corrected chi connectivity index (χ0v) is 12.1. The first kappa shape index (κ1) is 13.0. The second kappa shape index (κ2) is 4.26. The van der Waals surface area contributed by atoms with Crippen molar-refractivity contribution in [3.63, 3.8) is 0 Å². The molecule has 0 aromatic rings. The summed E-state index contributed by atoms with van der Waals surface area (Å²) in [6, 6.07) is 0. The quantitative estimate of drug-likeness (QED) is 0.735. The van der Waals surface area contributed by atoms with E-state index in [1.807, 2.05) is 20.8 Å². The molecule has 0 aromatic heterocycles. The molecule has 0 amide bonds. The lowest BCUT2D eigenvalue weighted by atomic mass is 9.79. The molecular formula is C16H24O3. The van der Waals surface area contributed by atoms with Gasteiger partial charge < -0.3 is 9.47 Å². The van der Waals surface area contributed by atoms with Crippen LogP contribution in [-0.4, -0.2) is 18.7 Å². The predicted molar refractivity (Wildman–Crippen MR) is 72.2 cm³/mol. The van der Waals surface area contributed by atoms with Crippen LogP contribution in [0.25, 0.3) is 0 Å². The maximum absolute atomic E-state index is 12.2. The molecule has 0 N–H and O–H groups in total. The summed E-state index contributed by atoms with van der Waals surface area (Å²) in [5.74, 6) is 3.05. The fourth-order valence-electron chi connectivity index (χ4n) is 4.00. The van der Waals surface area contributed by atoms with Crippen LogP contribution in [0.4, 0.5) is 0 Å². The van der Waals surface area contributed by atoms with Gasteiger partial charge in [0.25, 0.3) is 0 Å². The van der Waals surface area contributed by atoms with Gasteiger partial charge in [-0.1, -0.05) is 13.5 Å². The van der Waals surface area contributed by atoms with Crippen LogP contribution in [0.1, 0.15) is 40.0 Å². The smallest absolute Gasteiger partial charge is 0.311 e. The lowest BCUT2D eigenvalue weighted by Crippen LogP contribution is -2.37. The largest absolute Gasteiger partial charge is 0.498 e. The number of hydrogen-bond donors (Lipinski definition) is 0. The number of fused-ring (bicyclic) bond motifs is 5. The summed E-state index contributed by atoms with van der Waals surface area (Å²) >= 11 is 0. The highest BCUT2D eigenvalue weighted by molar-refractivity contribution is 5.76. The Morgan fingerprint density at radius 1 is 1.42 bits per heavy atom. The van der Waals surface area contributed by atoms with Gasteiger partial charge in [0.15, 0.2) is 0 Å². The highest BCUT2D eigenvalue weighted by atomic mass is 16.5. The number of hydrogen-bond acceptors (Lipinski definition) is 3. The molecule has 1 saturated heterocycles. The van der Waals surface area contributed by atoms with Gasteiger partial charge in [0.1, 0.15) is 6.10 Å². The monoisotopic (exact) mass is 264 g/mol. The number of ether oxygens (including phenoxy) is 2. The van der Waals surface area contributed by atoms with Gasteiger partial charge in [-0.2, -0.15) is 0 Å². The molecule has 0 radical (unpaired) electrons. The Kier molecular flexibility index (Phi) is 2.91. The molecule has 5 unspecified atom stereocenters. The van der Waals surface area contributed by atoms with Gasteiger partial charge in [-0.15, -0.1) is 0 Å². The minimum atomic E-state index is -0.371. The SMILES string of the molecule is C=C1OCC2C3CC(OC(=O)C(C)(C)CC)C(C3)C12. The van der Waals surface area contributed by atoms with E-state index >= 15 is 0 Å². The van der Waals surface area contributed by atoms with Gasteiger partial charge in [0.05, 0.1) is 17.8 Å². The Morgan fingerprint density at radius 3 is 2.84 bits per heavy atom. The number of esters is 1. The second-order valence-corrected chi connectivity index (χ2v) is 7.04. The highest BCUT2D eigenvalue weighted by Crippen LogP contribution is 2.58. The van der Waals surface area contributed by atoms with Crippen LogP contribution >= 0.6 is 0 Å². The van der Waals surface area contributed by atoms with E-state index in [1.165, 1.54) is 6.42 Å². The maximum atomic E-state index is 12.2. The van der Waals surface area contributed by atoms with E-state index < -0.39 is 0 Å². The van der Waals surface area contributed by atoms with E-state index in [-0.39, 0.29) is 17.5 Å². The topological polar surface area (TPSA) is 35.5 Å². The van der Waals surface area contributed by atoms with Crippen LogP contribution in [0.3, 0.4) is 0 Å². The van der Waals surface area contributed by atoms with Crippen molar-refractivity contribution in [2.24, 2.45) is 29.1 Å². The van der Waals surface area contributed by atoms with Crippen molar-refractivity contribution in [2.45, 2.75) is 46.1 Å². The molecule has 3 heteroatoms. The van der Waals surface area contributed by atoms with Gasteiger partial charge in [0, 0.05) is 17.8 Å². The average molecular weight is 264 g/mol. The summed E-state index contributed by atoms with van der Waals surface area (Å²) in [5.41, 5.74) is -0.371. The molecule has 3 aliphatic rings. The molecule has 0 aromatic carbocycles. The summed E-state index contributed by atoms with van der Waals surface area (Å²) in [4.78, 5) is 12.2. The molecule has 3 nitrogen and oxygen atoms in total. The summed E-state index contributed by atoms with van der Waals surface area (Å²) in [6.45, 7) is 10.8. The minimum Gasteiger partial charge on any atom is -0.498 e. The molecule has 2 aliphatic carbocycles. The van der Waals surface area contributed by atoms with Crippen LogP contribution in [0.2, 0.25) is 0 Å². The normalized spacial score (nSPS) is 40.2. The van der Waals surface area contributed by atoms with Gasteiger partial charge >= 0.3 is 5.97 Å². The third kappa shape index (κ3) is 1.89. The molecule has 106 valence electrons. The third-order valence-corrected chi connectivity index (χ3v) is 5.64. The van der Waals surface area contributed by atoms with Crippen molar-refractivity contribution in [2.75, 3.05) is 6.61 Å². The lowest BCUT2D eigenvalue weighted by Gasteiger charge is -2.32. The summed E-state index contributed by atoms with van der Waals surface area (Å²) < 4.78 is 11.4. The number of rotatable bonds is 3. The highest BCUT2D eigenvalue weighted by Gasteiger charge is 2.58. The maximum Gasteiger partial charge on any atom is 0.311 e. The third-order valence-electron chi connectivity index (χ3n) is 5.64. The molecule has 2 saturated carbocycles. The van der Waals surface area contributed by atoms with E-state index in [0.717, 1.165) is 25.2 Å². The Hall–Kier alpha value is -0.990. The van der Waals surface area contributed by atoms with Crippen LogP contribution < -0.4 is 0 Å². The second-order valence-electron chi connectivity index (χ2n) is 7.04. The van der Waals surface area contributed by atoms with Gasteiger partial charge in [-0.25, -0.2) is 0 Å². The summed E-state index contributed by atoms with van der Waals surface area (Å²) in [6.07, 6.45) is 3.10. The van der Waals surface area contributed by atoms with E-state index in [2.05, 4.69) is 6.58 Å². The van der Waals surface area contributed by atoms with Crippen molar-refractivity contribution >= 4 is 5.97 Å². The average Bonchev–Trinajstić information content (AvgIpc) is 3.02. The Labute approximate surface area is 115 Å². The van der Waals surface area contributed by atoms with E-state index in [0.29, 0.717) is 23.7 Å². The zero-order valence-electron chi connectivity index (χ0n) is 12.1. The predicted octanol–water partition coefficient (Wildman–Crippen LogP) is 3.15. The Balaban J connectivity index is 1.69. The van der Waals surface area contributed by atoms with Crippen LogP contribution in [0.15, 0.2) is 12.3 Å². The molecule has 1 heterocycles. The molecule has 0 spiro atoms. The molecule has 19 heavy (non-hydrogen) atoms. The Morgan fingerprint density at radius 2 is 2.16 bits per heavy atom. The van der Waals surface area contributed by atoms with Gasteiger partial charge in [-0.3, -0.25) is 4.79 Å². The first-order chi connectivity index (χ1) is 8.94. The van der Waals surface area contributed by atoms with Crippen molar-refractivity contribution in [1.29, 1.82) is 0 Å². The van der Waals surface area contributed by atoms with Gasteiger partial charge in [0.2, 0.25) is 0 Å².